The van der Waals surface area contributed by atoms with Gasteiger partial charge < -0.3 is 15.1 Å². The number of rotatable bonds is 3. The molecule has 2 heterocycles. The van der Waals surface area contributed by atoms with Crippen molar-refractivity contribution in [2.24, 2.45) is 5.92 Å². The van der Waals surface area contributed by atoms with E-state index in [1.165, 1.54) is 22.1 Å². The summed E-state index contributed by atoms with van der Waals surface area (Å²) in [6, 6.07) is 12.0. The molecule has 2 aromatic carbocycles. The average molecular weight is 395 g/mol. The standard InChI is InChI=1S/C22H19F2N3O2/c23-18-6-7-19-17(21(18)24)11-26(22(29)25-19)12-20(28)27-10-14-8-15(27)9-16(14)13-4-2-1-3-5-13/h1-7,9,14-15H,8,10-12H2,(H,25,29)/t14-,15-/m1/s1. The van der Waals surface area contributed by atoms with Crippen molar-refractivity contribution < 1.29 is 18.4 Å². The highest BCUT2D eigenvalue weighted by atomic mass is 19.2. The first-order chi connectivity index (χ1) is 14.0. The molecule has 0 spiro atoms. The van der Waals surface area contributed by atoms with Gasteiger partial charge in [0.05, 0.1) is 18.3 Å². The number of nitrogens with zero attached hydrogens (tertiary/aromatic N) is 2. The molecular weight excluding hydrogens is 376 g/mol. The number of hydrogen-bond acceptors (Lipinski definition) is 2. The number of urea groups is 1. The second-order valence-corrected chi connectivity index (χ2v) is 7.71. The molecule has 1 fully saturated rings. The van der Waals surface area contributed by atoms with Gasteiger partial charge in [0.2, 0.25) is 5.91 Å². The molecular formula is C22H19F2N3O2. The summed E-state index contributed by atoms with van der Waals surface area (Å²) >= 11 is 0. The van der Waals surface area contributed by atoms with E-state index in [0.29, 0.717) is 6.54 Å². The lowest BCUT2D eigenvalue weighted by Gasteiger charge is -2.32. The maximum Gasteiger partial charge on any atom is 0.322 e. The smallest absolute Gasteiger partial charge is 0.322 e. The molecule has 5 rings (SSSR count). The zero-order valence-electron chi connectivity index (χ0n) is 15.6. The third-order valence-corrected chi connectivity index (χ3v) is 5.98. The molecule has 2 bridgehead atoms. The van der Waals surface area contributed by atoms with Crippen LogP contribution in [-0.2, 0) is 11.3 Å². The predicted octanol–water partition coefficient (Wildman–Crippen LogP) is 3.63. The number of carbonyl (C=O) groups excluding carboxylic acids is 2. The highest BCUT2D eigenvalue weighted by molar-refractivity contribution is 5.95. The van der Waals surface area contributed by atoms with Crippen LogP contribution in [0.2, 0.25) is 0 Å². The van der Waals surface area contributed by atoms with Crippen molar-refractivity contribution in [2.75, 3.05) is 18.4 Å². The molecule has 2 atom stereocenters. The van der Waals surface area contributed by atoms with Crippen LogP contribution in [-0.4, -0.2) is 40.9 Å². The summed E-state index contributed by atoms with van der Waals surface area (Å²) in [5, 5.41) is 2.53. The quantitative estimate of drug-likeness (QED) is 0.863. The Bertz CT molecular complexity index is 1040. The number of likely N-dealkylation sites (tertiary alicyclic amines) is 1. The van der Waals surface area contributed by atoms with Crippen LogP contribution in [0.25, 0.3) is 5.57 Å². The van der Waals surface area contributed by atoms with Gasteiger partial charge in [0, 0.05) is 18.0 Å². The van der Waals surface area contributed by atoms with Gasteiger partial charge >= 0.3 is 6.03 Å². The summed E-state index contributed by atoms with van der Waals surface area (Å²) in [5.41, 5.74) is 2.75. The largest absolute Gasteiger partial charge is 0.334 e. The van der Waals surface area contributed by atoms with E-state index >= 15 is 0 Å². The molecule has 1 saturated heterocycles. The normalized spacial score (nSPS) is 22.4. The van der Waals surface area contributed by atoms with E-state index < -0.39 is 17.7 Å². The Balaban J connectivity index is 1.30. The minimum atomic E-state index is -0.990. The summed E-state index contributed by atoms with van der Waals surface area (Å²) in [4.78, 5) is 28.2. The molecule has 0 unspecified atom stereocenters. The Kier molecular flexibility index (Phi) is 4.12. The van der Waals surface area contributed by atoms with Gasteiger partial charge in [-0.05, 0) is 29.7 Å². The van der Waals surface area contributed by atoms with Gasteiger partial charge in [0.15, 0.2) is 11.6 Å². The van der Waals surface area contributed by atoms with Crippen LogP contribution in [0.4, 0.5) is 19.3 Å². The highest BCUT2D eigenvalue weighted by Gasteiger charge is 2.42. The number of benzene rings is 2. The number of nitrogens with one attached hydrogen (secondary N) is 1. The molecule has 3 amide bonds. The Morgan fingerprint density at radius 3 is 2.66 bits per heavy atom. The number of fused-ring (bicyclic) bond motifs is 3. The van der Waals surface area contributed by atoms with Crippen molar-refractivity contribution in [1.82, 2.24) is 9.80 Å². The van der Waals surface area contributed by atoms with E-state index in [2.05, 4.69) is 23.5 Å². The van der Waals surface area contributed by atoms with Crippen LogP contribution in [0.15, 0.2) is 48.5 Å². The Morgan fingerprint density at radius 1 is 1.14 bits per heavy atom. The number of carbonyl (C=O) groups is 2. The first kappa shape index (κ1) is 17.8. The second kappa shape index (κ2) is 6.69. The zero-order chi connectivity index (χ0) is 20.1. The van der Waals surface area contributed by atoms with Gasteiger partial charge in [-0.15, -0.1) is 0 Å². The van der Waals surface area contributed by atoms with E-state index in [1.807, 2.05) is 18.2 Å². The third-order valence-electron chi connectivity index (χ3n) is 5.98. The SMILES string of the molecule is O=C1Nc2ccc(F)c(F)c2CN1CC(=O)N1C[C@H]2C[C@@H]1C=C2c1ccccc1. The molecule has 0 saturated carbocycles. The predicted molar refractivity (Wildman–Crippen MR) is 104 cm³/mol. The van der Waals surface area contributed by atoms with Crippen molar-refractivity contribution in [2.45, 2.75) is 19.0 Å². The Morgan fingerprint density at radius 2 is 1.93 bits per heavy atom. The summed E-state index contributed by atoms with van der Waals surface area (Å²) in [7, 11) is 0. The summed E-state index contributed by atoms with van der Waals surface area (Å²) in [6.07, 6.45) is 3.01. The van der Waals surface area contributed by atoms with Crippen LogP contribution < -0.4 is 5.32 Å². The van der Waals surface area contributed by atoms with Gasteiger partial charge in [-0.25, -0.2) is 13.6 Å². The first-order valence-electron chi connectivity index (χ1n) is 9.60. The molecule has 0 aromatic heterocycles. The summed E-state index contributed by atoms with van der Waals surface area (Å²) < 4.78 is 27.6. The molecule has 1 N–H and O–H groups in total. The highest BCUT2D eigenvalue weighted by Crippen LogP contribution is 2.42. The summed E-state index contributed by atoms with van der Waals surface area (Å²) in [6.45, 7) is 0.307. The van der Waals surface area contributed by atoms with E-state index in [-0.39, 0.29) is 42.2 Å². The number of amides is 3. The van der Waals surface area contributed by atoms with Crippen molar-refractivity contribution >= 4 is 23.2 Å². The van der Waals surface area contributed by atoms with Gasteiger partial charge in [-0.1, -0.05) is 36.4 Å². The van der Waals surface area contributed by atoms with Gasteiger partial charge in [0.1, 0.15) is 6.54 Å². The van der Waals surface area contributed by atoms with Crippen molar-refractivity contribution in [1.29, 1.82) is 0 Å². The molecule has 29 heavy (non-hydrogen) atoms. The fourth-order valence-corrected chi connectivity index (χ4v) is 4.55. The first-order valence-corrected chi connectivity index (χ1v) is 9.60. The van der Waals surface area contributed by atoms with Crippen molar-refractivity contribution in [3.8, 4) is 0 Å². The molecule has 148 valence electrons. The molecule has 2 aliphatic heterocycles. The minimum absolute atomic E-state index is 0.0111. The molecule has 1 aliphatic carbocycles. The van der Waals surface area contributed by atoms with Gasteiger partial charge in [-0.3, -0.25) is 4.79 Å². The molecule has 2 aromatic rings. The zero-order valence-corrected chi connectivity index (χ0v) is 15.6. The topological polar surface area (TPSA) is 52.7 Å². The van der Waals surface area contributed by atoms with Crippen LogP contribution in [0.1, 0.15) is 17.5 Å². The van der Waals surface area contributed by atoms with Gasteiger partial charge in [0.25, 0.3) is 0 Å². The average Bonchev–Trinajstić information content (AvgIpc) is 3.34. The maximum absolute atomic E-state index is 14.1. The number of hydrogen-bond donors (Lipinski definition) is 1. The fourth-order valence-electron chi connectivity index (χ4n) is 4.55. The van der Waals surface area contributed by atoms with Crippen molar-refractivity contribution in [3.05, 3.63) is 71.3 Å². The van der Waals surface area contributed by atoms with Crippen LogP contribution in [0, 0.1) is 17.6 Å². The lowest BCUT2D eigenvalue weighted by molar-refractivity contribution is -0.132. The van der Waals surface area contributed by atoms with E-state index in [9.17, 15) is 18.4 Å². The molecule has 7 heteroatoms. The second-order valence-electron chi connectivity index (χ2n) is 7.71. The van der Waals surface area contributed by atoms with Crippen LogP contribution in [0.3, 0.4) is 0 Å². The lowest BCUT2D eigenvalue weighted by Crippen LogP contribution is -2.47. The van der Waals surface area contributed by atoms with Crippen molar-refractivity contribution in [3.63, 3.8) is 0 Å². The third kappa shape index (κ3) is 2.97. The molecule has 5 nitrogen and oxygen atoms in total. The number of halogens is 2. The molecule has 3 aliphatic rings. The van der Waals surface area contributed by atoms with E-state index in [4.69, 9.17) is 0 Å². The Hall–Kier alpha value is -3.22. The van der Waals surface area contributed by atoms with Gasteiger partial charge in [-0.2, -0.15) is 0 Å². The fraction of sp³-hybridized carbons (Fsp3) is 0.273. The van der Waals surface area contributed by atoms with Crippen LogP contribution >= 0.6 is 0 Å². The monoisotopic (exact) mass is 395 g/mol. The van der Waals surface area contributed by atoms with Crippen LogP contribution in [0.5, 0.6) is 0 Å². The lowest BCUT2D eigenvalue weighted by atomic mass is 9.95. The van der Waals surface area contributed by atoms with E-state index in [1.54, 1.807) is 4.90 Å². The maximum atomic E-state index is 14.1. The minimum Gasteiger partial charge on any atom is -0.334 e. The van der Waals surface area contributed by atoms with E-state index in [0.717, 1.165) is 12.5 Å². The molecule has 0 radical (unpaired) electrons. The summed E-state index contributed by atoms with van der Waals surface area (Å²) in [5.74, 6) is -1.86. The Labute approximate surface area is 166 Å². The number of anilines is 1.